The molecule has 76 valence electrons. The van der Waals surface area contributed by atoms with Crippen molar-refractivity contribution in [1.82, 2.24) is 0 Å². The lowest BCUT2D eigenvalue weighted by molar-refractivity contribution is -0.384. The standard InChI is InChI=1S/C6H6N2O5S/c9-8(10)6-3-1-2-5(4-6)7-13-14(11)12/h1-4,7H,(H,11,12)/p-1. The van der Waals surface area contributed by atoms with Crippen LogP contribution in [0.3, 0.4) is 0 Å². The summed E-state index contributed by atoms with van der Waals surface area (Å²) in [7, 11) is 0. The Hall–Kier alpha value is -1.51. The van der Waals surface area contributed by atoms with Gasteiger partial charge < -0.3 is 4.55 Å². The molecule has 0 spiro atoms. The van der Waals surface area contributed by atoms with Crippen molar-refractivity contribution in [2.75, 3.05) is 5.48 Å². The minimum Gasteiger partial charge on any atom is -0.748 e. The molecule has 8 heteroatoms. The van der Waals surface area contributed by atoms with Gasteiger partial charge in [-0.05, 0) is 6.07 Å². The van der Waals surface area contributed by atoms with E-state index in [4.69, 9.17) is 0 Å². The lowest BCUT2D eigenvalue weighted by Gasteiger charge is -2.06. The quantitative estimate of drug-likeness (QED) is 0.453. The third-order valence-corrected chi connectivity index (χ3v) is 1.50. The molecule has 0 aliphatic carbocycles. The smallest absolute Gasteiger partial charge is 0.271 e. The molecule has 0 radical (unpaired) electrons. The first kappa shape index (κ1) is 10.6. The Bertz CT molecular complexity index is 369. The van der Waals surface area contributed by atoms with Crippen molar-refractivity contribution in [3.05, 3.63) is 34.4 Å². The Morgan fingerprint density at radius 3 is 2.79 bits per heavy atom. The van der Waals surface area contributed by atoms with Gasteiger partial charge >= 0.3 is 0 Å². The van der Waals surface area contributed by atoms with Gasteiger partial charge in [0.15, 0.2) is 0 Å². The molecule has 14 heavy (non-hydrogen) atoms. The molecule has 0 saturated heterocycles. The lowest BCUT2D eigenvalue weighted by atomic mass is 10.3. The van der Waals surface area contributed by atoms with Crippen LogP contribution in [-0.2, 0) is 15.6 Å². The van der Waals surface area contributed by atoms with Gasteiger partial charge in [0, 0.05) is 12.1 Å². The van der Waals surface area contributed by atoms with Crippen LogP contribution in [0.2, 0.25) is 0 Å². The number of anilines is 1. The number of nitro groups is 1. The molecule has 0 bridgehead atoms. The predicted molar refractivity (Wildman–Crippen MR) is 46.7 cm³/mol. The molecule has 0 amide bonds. The van der Waals surface area contributed by atoms with E-state index >= 15 is 0 Å². The van der Waals surface area contributed by atoms with E-state index in [1.807, 2.05) is 5.48 Å². The summed E-state index contributed by atoms with van der Waals surface area (Å²) in [5.74, 6) is 0. The van der Waals surface area contributed by atoms with Gasteiger partial charge in [0.1, 0.15) is 11.4 Å². The Morgan fingerprint density at radius 1 is 1.50 bits per heavy atom. The van der Waals surface area contributed by atoms with Crippen LogP contribution in [0, 0.1) is 10.1 Å². The Kier molecular flexibility index (Phi) is 3.51. The van der Waals surface area contributed by atoms with Gasteiger partial charge in [-0.15, -0.1) is 0 Å². The monoisotopic (exact) mass is 217 g/mol. The molecule has 1 unspecified atom stereocenters. The first-order valence-corrected chi connectivity index (χ1v) is 4.36. The minimum atomic E-state index is -2.71. The molecule has 0 aliphatic rings. The summed E-state index contributed by atoms with van der Waals surface area (Å²) in [5.41, 5.74) is 2.05. The fourth-order valence-electron chi connectivity index (χ4n) is 0.765. The average molecular weight is 217 g/mol. The Labute approximate surface area is 81.3 Å². The van der Waals surface area contributed by atoms with E-state index in [2.05, 4.69) is 4.28 Å². The van der Waals surface area contributed by atoms with Gasteiger partial charge in [-0.1, -0.05) is 6.07 Å². The highest BCUT2D eigenvalue weighted by Gasteiger charge is 2.04. The van der Waals surface area contributed by atoms with Crippen LogP contribution in [0.1, 0.15) is 0 Å². The molecular formula is C6H5N2O5S-. The fraction of sp³-hybridized carbons (Fsp3) is 0. The maximum absolute atomic E-state index is 10.3. The molecule has 0 aromatic heterocycles. The second-order valence-electron chi connectivity index (χ2n) is 2.20. The summed E-state index contributed by atoms with van der Waals surface area (Å²) < 4.78 is 24.0. The molecule has 1 N–H and O–H groups in total. The normalized spacial score (nSPS) is 12.1. The number of nitro benzene ring substituents is 1. The van der Waals surface area contributed by atoms with Crippen LogP contribution in [0.5, 0.6) is 0 Å². The summed E-state index contributed by atoms with van der Waals surface area (Å²) >= 11 is -2.71. The van der Waals surface area contributed by atoms with Crippen molar-refractivity contribution in [1.29, 1.82) is 0 Å². The number of nitrogens with zero attached hydrogens (tertiary/aromatic N) is 1. The first-order chi connectivity index (χ1) is 6.59. The number of nitrogens with one attached hydrogen (secondary N) is 1. The van der Waals surface area contributed by atoms with Crippen molar-refractivity contribution < 1.29 is 18.0 Å². The zero-order valence-electron chi connectivity index (χ0n) is 6.71. The molecule has 0 saturated carbocycles. The lowest BCUT2D eigenvalue weighted by Crippen LogP contribution is -2.03. The third kappa shape index (κ3) is 3.09. The van der Waals surface area contributed by atoms with Gasteiger partial charge in [-0.25, -0.2) is 4.21 Å². The Morgan fingerprint density at radius 2 is 2.21 bits per heavy atom. The van der Waals surface area contributed by atoms with E-state index < -0.39 is 16.3 Å². The van der Waals surface area contributed by atoms with Crippen LogP contribution >= 0.6 is 0 Å². The summed E-state index contributed by atoms with van der Waals surface area (Å²) in [6.07, 6.45) is 0. The zero-order valence-corrected chi connectivity index (χ0v) is 7.52. The summed E-state index contributed by atoms with van der Waals surface area (Å²) in [6, 6.07) is 5.25. The number of benzene rings is 1. The van der Waals surface area contributed by atoms with Crippen LogP contribution in [-0.4, -0.2) is 13.7 Å². The second-order valence-corrected chi connectivity index (χ2v) is 2.77. The third-order valence-electron chi connectivity index (χ3n) is 1.28. The van der Waals surface area contributed by atoms with E-state index in [0.717, 1.165) is 6.07 Å². The van der Waals surface area contributed by atoms with Gasteiger partial charge in [0.2, 0.25) is 0 Å². The van der Waals surface area contributed by atoms with E-state index in [-0.39, 0.29) is 11.4 Å². The zero-order chi connectivity index (χ0) is 10.6. The van der Waals surface area contributed by atoms with Gasteiger partial charge in [0.05, 0.1) is 10.6 Å². The highest BCUT2D eigenvalue weighted by Crippen LogP contribution is 2.16. The molecule has 1 aromatic rings. The molecule has 0 heterocycles. The highest BCUT2D eigenvalue weighted by molar-refractivity contribution is 7.74. The number of hydrogen-bond acceptors (Lipinski definition) is 6. The predicted octanol–water partition coefficient (Wildman–Crippen LogP) is 0.732. The fourth-order valence-corrected chi connectivity index (χ4v) is 0.929. The topological polar surface area (TPSA) is 105 Å². The van der Waals surface area contributed by atoms with E-state index in [1.165, 1.54) is 18.2 Å². The van der Waals surface area contributed by atoms with Gasteiger partial charge in [0.25, 0.3) is 5.69 Å². The van der Waals surface area contributed by atoms with Crippen LogP contribution < -0.4 is 5.48 Å². The number of hydrogen-bond donors (Lipinski definition) is 1. The first-order valence-electron chi connectivity index (χ1n) is 3.36. The second kappa shape index (κ2) is 4.65. The summed E-state index contributed by atoms with van der Waals surface area (Å²) in [4.78, 5) is 9.71. The van der Waals surface area contributed by atoms with Crippen molar-refractivity contribution >= 4 is 22.7 Å². The van der Waals surface area contributed by atoms with Crippen molar-refractivity contribution in [2.45, 2.75) is 0 Å². The van der Waals surface area contributed by atoms with E-state index in [0.29, 0.717) is 0 Å². The molecular weight excluding hydrogens is 212 g/mol. The number of rotatable bonds is 4. The van der Waals surface area contributed by atoms with Gasteiger partial charge in [-0.3, -0.25) is 15.6 Å². The molecule has 0 fully saturated rings. The average Bonchev–Trinajstić information content (AvgIpc) is 2.15. The largest absolute Gasteiger partial charge is 0.748 e. The van der Waals surface area contributed by atoms with E-state index in [9.17, 15) is 18.9 Å². The highest BCUT2D eigenvalue weighted by atomic mass is 32.2. The van der Waals surface area contributed by atoms with Crippen LogP contribution in [0.15, 0.2) is 24.3 Å². The van der Waals surface area contributed by atoms with Crippen LogP contribution in [0.25, 0.3) is 0 Å². The van der Waals surface area contributed by atoms with Gasteiger partial charge in [-0.2, -0.15) is 4.28 Å². The van der Waals surface area contributed by atoms with E-state index in [1.54, 1.807) is 0 Å². The molecule has 1 atom stereocenters. The van der Waals surface area contributed by atoms with Crippen molar-refractivity contribution in [2.24, 2.45) is 0 Å². The molecule has 1 rings (SSSR count). The number of non-ortho nitro benzene ring substituents is 1. The maximum atomic E-state index is 10.3. The van der Waals surface area contributed by atoms with Crippen molar-refractivity contribution in [3.8, 4) is 0 Å². The molecule has 0 aliphatic heterocycles. The summed E-state index contributed by atoms with van der Waals surface area (Å²) in [6.45, 7) is 0. The maximum Gasteiger partial charge on any atom is 0.271 e. The molecule has 1 aromatic carbocycles. The Balaban J connectivity index is 2.73. The summed E-state index contributed by atoms with van der Waals surface area (Å²) in [5, 5.41) is 10.3. The molecule has 7 nitrogen and oxygen atoms in total. The van der Waals surface area contributed by atoms with Crippen molar-refractivity contribution in [3.63, 3.8) is 0 Å². The van der Waals surface area contributed by atoms with Crippen LogP contribution in [0.4, 0.5) is 11.4 Å². The SMILES string of the molecule is O=[N+]([O-])c1cccc(NOS(=O)[O-])c1. The minimum absolute atomic E-state index is 0.157.